The predicted molar refractivity (Wildman–Crippen MR) is 119 cm³/mol. The molecule has 6 heteroatoms. The van der Waals surface area contributed by atoms with E-state index in [1.54, 1.807) is 24.1 Å². The van der Waals surface area contributed by atoms with Crippen molar-refractivity contribution < 1.29 is 13.9 Å². The number of rotatable bonds is 5. The number of aliphatic imine (C=N–C) groups is 1. The monoisotopic (exact) mass is 406 g/mol. The lowest BCUT2D eigenvalue weighted by atomic mass is 9.99. The molecule has 1 aliphatic rings. The van der Waals surface area contributed by atoms with Crippen LogP contribution in [-0.4, -0.2) is 30.0 Å². The number of nitrogens with zero attached hydrogens (tertiary/aromatic N) is 1. The van der Waals surface area contributed by atoms with Crippen molar-refractivity contribution in [2.24, 2.45) is 4.99 Å². The number of benzene rings is 2. The third-order valence-electron chi connectivity index (χ3n) is 4.65. The van der Waals surface area contributed by atoms with Crippen LogP contribution in [0.1, 0.15) is 19.4 Å². The first-order valence-corrected chi connectivity index (χ1v) is 10.5. The van der Waals surface area contributed by atoms with Crippen LogP contribution in [0.15, 0.2) is 64.2 Å². The van der Waals surface area contributed by atoms with Crippen molar-refractivity contribution >= 4 is 39.4 Å². The number of furan rings is 1. The minimum atomic E-state index is -0.186. The van der Waals surface area contributed by atoms with Crippen molar-refractivity contribution in [3.05, 3.63) is 60.4 Å². The van der Waals surface area contributed by atoms with Crippen molar-refractivity contribution in [2.75, 3.05) is 18.9 Å². The van der Waals surface area contributed by atoms with Crippen LogP contribution >= 0.6 is 11.8 Å². The standard InChI is InChI=1S/C23H22N2O3S/c1-3-27-20-13-21-18(19(14-28-21)16-7-5-4-6-8-16)12-17(20)15(2)11-22(26)25-23-24-9-10-29-23/h4-8,11-14H,3,9-10H2,1-2H3,(H,24,25,26)/b15-11+. The summed E-state index contributed by atoms with van der Waals surface area (Å²) in [6, 6.07) is 14.0. The molecule has 4 rings (SSSR count). The summed E-state index contributed by atoms with van der Waals surface area (Å²) in [6.07, 6.45) is 3.36. The molecular formula is C23H22N2O3S. The Hall–Kier alpha value is -2.99. The molecule has 0 aliphatic carbocycles. The van der Waals surface area contributed by atoms with Crippen LogP contribution < -0.4 is 10.1 Å². The second-order valence-corrected chi connectivity index (χ2v) is 7.73. The Morgan fingerprint density at radius 2 is 2.14 bits per heavy atom. The quantitative estimate of drug-likeness (QED) is 0.597. The van der Waals surface area contributed by atoms with Crippen LogP contribution in [0, 0.1) is 0 Å². The summed E-state index contributed by atoms with van der Waals surface area (Å²) in [7, 11) is 0. The number of ether oxygens (including phenoxy) is 1. The number of hydrogen-bond donors (Lipinski definition) is 1. The number of thioether (sulfide) groups is 1. The molecule has 2 aromatic carbocycles. The van der Waals surface area contributed by atoms with Gasteiger partial charge in [0.15, 0.2) is 5.17 Å². The van der Waals surface area contributed by atoms with Gasteiger partial charge in [-0.3, -0.25) is 9.79 Å². The van der Waals surface area contributed by atoms with E-state index in [-0.39, 0.29) is 5.91 Å². The molecule has 0 unspecified atom stereocenters. The van der Waals surface area contributed by atoms with E-state index < -0.39 is 0 Å². The first-order chi connectivity index (χ1) is 14.2. The number of amidine groups is 1. The summed E-state index contributed by atoms with van der Waals surface area (Å²) in [5, 5.41) is 4.50. The molecule has 0 saturated carbocycles. The van der Waals surface area contributed by atoms with Gasteiger partial charge in [-0.05, 0) is 31.1 Å². The van der Waals surface area contributed by atoms with E-state index in [1.807, 2.05) is 44.2 Å². The molecule has 1 aliphatic heterocycles. The van der Waals surface area contributed by atoms with E-state index in [2.05, 4.69) is 22.4 Å². The number of carbonyl (C=O) groups excluding carboxylic acids is 1. The van der Waals surface area contributed by atoms with Crippen LogP contribution in [0.3, 0.4) is 0 Å². The molecule has 1 N–H and O–H groups in total. The fraction of sp³-hybridized carbons (Fsp3) is 0.217. The topological polar surface area (TPSA) is 63.8 Å². The number of nitrogens with one attached hydrogen (secondary N) is 1. The van der Waals surface area contributed by atoms with Gasteiger partial charge in [0.05, 0.1) is 19.4 Å². The number of carbonyl (C=O) groups is 1. The number of fused-ring (bicyclic) bond motifs is 1. The van der Waals surface area contributed by atoms with E-state index in [9.17, 15) is 4.79 Å². The van der Waals surface area contributed by atoms with Gasteiger partial charge in [-0.2, -0.15) is 0 Å². The number of amides is 1. The van der Waals surface area contributed by atoms with Gasteiger partial charge in [-0.25, -0.2) is 0 Å². The third-order valence-corrected chi connectivity index (χ3v) is 5.54. The average Bonchev–Trinajstić information content (AvgIpc) is 3.37. The Morgan fingerprint density at radius 1 is 1.31 bits per heavy atom. The smallest absolute Gasteiger partial charge is 0.250 e. The second kappa shape index (κ2) is 8.57. The molecule has 0 radical (unpaired) electrons. The maximum atomic E-state index is 12.4. The summed E-state index contributed by atoms with van der Waals surface area (Å²) in [4.78, 5) is 16.7. The number of allylic oxidation sites excluding steroid dienone is 1. The van der Waals surface area contributed by atoms with E-state index >= 15 is 0 Å². The summed E-state index contributed by atoms with van der Waals surface area (Å²) in [6.45, 7) is 5.12. The minimum absolute atomic E-state index is 0.186. The average molecular weight is 407 g/mol. The Kier molecular flexibility index (Phi) is 5.71. The van der Waals surface area contributed by atoms with Crippen molar-refractivity contribution in [1.82, 2.24) is 5.32 Å². The highest BCUT2D eigenvalue weighted by molar-refractivity contribution is 8.14. The number of hydrogen-bond acceptors (Lipinski definition) is 5. The lowest BCUT2D eigenvalue weighted by molar-refractivity contribution is -0.115. The van der Waals surface area contributed by atoms with Crippen molar-refractivity contribution in [2.45, 2.75) is 13.8 Å². The van der Waals surface area contributed by atoms with Crippen molar-refractivity contribution in [1.29, 1.82) is 0 Å². The van der Waals surface area contributed by atoms with Gasteiger partial charge in [0.2, 0.25) is 5.91 Å². The Balaban J connectivity index is 1.73. The van der Waals surface area contributed by atoms with E-state index in [4.69, 9.17) is 9.15 Å². The van der Waals surface area contributed by atoms with Crippen LogP contribution in [0.25, 0.3) is 27.7 Å². The van der Waals surface area contributed by atoms with Crippen LogP contribution in [-0.2, 0) is 4.79 Å². The first kappa shape index (κ1) is 19.3. The summed E-state index contributed by atoms with van der Waals surface area (Å²) < 4.78 is 11.6. The third kappa shape index (κ3) is 4.22. The Labute approximate surface area is 173 Å². The van der Waals surface area contributed by atoms with Gasteiger partial charge in [-0.1, -0.05) is 42.1 Å². The van der Waals surface area contributed by atoms with Crippen molar-refractivity contribution in [3.8, 4) is 16.9 Å². The fourth-order valence-corrected chi connectivity index (χ4v) is 4.04. The summed E-state index contributed by atoms with van der Waals surface area (Å²) in [5.41, 5.74) is 4.53. The summed E-state index contributed by atoms with van der Waals surface area (Å²) in [5.74, 6) is 1.42. The highest BCUT2D eigenvalue weighted by Crippen LogP contribution is 2.37. The molecule has 0 fully saturated rings. The maximum Gasteiger partial charge on any atom is 0.250 e. The highest BCUT2D eigenvalue weighted by atomic mass is 32.2. The molecule has 0 saturated heterocycles. The molecular weight excluding hydrogens is 384 g/mol. The predicted octanol–water partition coefficient (Wildman–Crippen LogP) is 5.12. The maximum absolute atomic E-state index is 12.4. The SMILES string of the molecule is CCOc1cc2occ(-c3ccccc3)c2cc1/C(C)=C/C(=O)NC1=NCCS1. The molecule has 3 aromatic rings. The Morgan fingerprint density at radius 3 is 2.86 bits per heavy atom. The molecule has 2 heterocycles. The largest absolute Gasteiger partial charge is 0.493 e. The van der Waals surface area contributed by atoms with Crippen molar-refractivity contribution in [3.63, 3.8) is 0 Å². The van der Waals surface area contributed by atoms with E-state index in [0.29, 0.717) is 17.5 Å². The van der Waals surface area contributed by atoms with Gasteiger partial charge in [-0.15, -0.1) is 0 Å². The molecule has 29 heavy (non-hydrogen) atoms. The van der Waals surface area contributed by atoms with Gasteiger partial charge in [0, 0.05) is 34.4 Å². The molecule has 1 amide bonds. The van der Waals surface area contributed by atoms with Gasteiger partial charge in [0.1, 0.15) is 11.3 Å². The van der Waals surface area contributed by atoms with E-state index in [1.165, 1.54) is 0 Å². The van der Waals surface area contributed by atoms with E-state index in [0.717, 1.165) is 45.5 Å². The molecule has 1 aromatic heterocycles. The first-order valence-electron chi connectivity index (χ1n) is 9.56. The lowest BCUT2D eigenvalue weighted by Crippen LogP contribution is -2.25. The molecule has 148 valence electrons. The normalized spacial score (nSPS) is 14.1. The van der Waals surface area contributed by atoms with Gasteiger partial charge in [0.25, 0.3) is 0 Å². The van der Waals surface area contributed by atoms with Gasteiger partial charge < -0.3 is 14.5 Å². The Bertz CT molecular complexity index is 1100. The molecule has 5 nitrogen and oxygen atoms in total. The zero-order chi connectivity index (χ0) is 20.2. The summed E-state index contributed by atoms with van der Waals surface area (Å²) >= 11 is 1.56. The van der Waals surface area contributed by atoms with Crippen LogP contribution in [0.5, 0.6) is 5.75 Å². The molecule has 0 atom stereocenters. The van der Waals surface area contributed by atoms with Gasteiger partial charge >= 0.3 is 0 Å². The molecule has 0 spiro atoms. The van der Waals surface area contributed by atoms with Crippen LogP contribution in [0.4, 0.5) is 0 Å². The van der Waals surface area contributed by atoms with Crippen LogP contribution in [0.2, 0.25) is 0 Å². The zero-order valence-corrected chi connectivity index (χ0v) is 17.2. The molecule has 0 bridgehead atoms. The lowest BCUT2D eigenvalue weighted by Gasteiger charge is -2.12. The zero-order valence-electron chi connectivity index (χ0n) is 16.4. The highest BCUT2D eigenvalue weighted by Gasteiger charge is 2.16. The second-order valence-electron chi connectivity index (χ2n) is 6.64. The fourth-order valence-electron chi connectivity index (χ4n) is 3.31. The minimum Gasteiger partial charge on any atom is -0.493 e.